The molecule has 0 amide bonds. The van der Waals surface area contributed by atoms with Gasteiger partial charge in [0.2, 0.25) is 5.72 Å². The van der Waals surface area contributed by atoms with Gasteiger partial charge in [-0.3, -0.25) is 30.8 Å². The van der Waals surface area contributed by atoms with E-state index in [0.29, 0.717) is 0 Å². The van der Waals surface area contributed by atoms with Crippen LogP contribution in [0.25, 0.3) is 0 Å². The summed E-state index contributed by atoms with van der Waals surface area (Å²) in [5.41, 5.74) is 3.10. The quantitative estimate of drug-likeness (QED) is 0.462. The maximum Gasteiger partial charge on any atom is 0.316 e. The summed E-state index contributed by atoms with van der Waals surface area (Å²) in [5, 5.41) is 30.8. The molecular weight excluding hydrogens is 310 g/mol. The van der Waals surface area contributed by atoms with Gasteiger partial charge >= 0.3 is 5.97 Å². The van der Waals surface area contributed by atoms with Crippen molar-refractivity contribution in [1.29, 1.82) is 0 Å². The molecule has 1 aliphatic rings. The number of rotatable bonds is 5. The summed E-state index contributed by atoms with van der Waals surface area (Å²) >= 11 is 0. The van der Waals surface area contributed by atoms with Crippen molar-refractivity contribution in [3.05, 3.63) is 68.4 Å². The van der Waals surface area contributed by atoms with Crippen LogP contribution in [0.4, 0.5) is 5.69 Å². The number of carboxylic acids is 1. The van der Waals surface area contributed by atoms with Crippen molar-refractivity contribution in [2.75, 3.05) is 0 Å². The third-order valence-corrected chi connectivity index (χ3v) is 3.12. The molecule has 0 saturated heterocycles. The number of non-ortho nitro benzene ring substituents is 1. The first kappa shape index (κ1) is 16.1. The Balaban J connectivity index is 2.41. The maximum absolute atomic E-state index is 11.3. The van der Waals surface area contributed by atoms with Crippen LogP contribution >= 0.6 is 0 Å². The highest BCUT2D eigenvalue weighted by atomic mass is 16.6. The molecule has 0 heterocycles. The van der Waals surface area contributed by atoms with Gasteiger partial charge in [-0.2, -0.15) is 0 Å². The number of ether oxygens (including phenoxy) is 1. The van der Waals surface area contributed by atoms with E-state index in [9.17, 15) is 30.1 Å². The zero-order chi connectivity index (χ0) is 17.2. The summed E-state index contributed by atoms with van der Waals surface area (Å²) in [7, 11) is 0. The predicted octanol–water partition coefficient (Wildman–Crippen LogP) is 1.06. The van der Waals surface area contributed by atoms with Crippen LogP contribution < -0.4 is 10.5 Å². The summed E-state index contributed by atoms with van der Waals surface area (Å²) < 4.78 is 5.35. The highest BCUT2D eigenvalue weighted by Gasteiger charge is 2.44. The van der Waals surface area contributed by atoms with Crippen molar-refractivity contribution in [3.8, 4) is 5.75 Å². The summed E-state index contributed by atoms with van der Waals surface area (Å²) in [6.07, 6.45) is 2.92. The van der Waals surface area contributed by atoms with Crippen molar-refractivity contribution in [3.63, 3.8) is 0 Å². The van der Waals surface area contributed by atoms with E-state index in [4.69, 9.17) is 10.5 Å². The summed E-state index contributed by atoms with van der Waals surface area (Å²) in [6, 6.07) is 4.91. The van der Waals surface area contributed by atoms with Gasteiger partial charge < -0.3 is 9.84 Å². The largest absolute Gasteiger partial charge is 0.481 e. The number of nitro groups is 2. The lowest BCUT2D eigenvalue weighted by Gasteiger charge is -2.32. The molecule has 0 radical (unpaired) electrons. The van der Waals surface area contributed by atoms with Crippen LogP contribution in [0, 0.1) is 26.1 Å². The van der Waals surface area contributed by atoms with E-state index < -0.39 is 33.2 Å². The van der Waals surface area contributed by atoms with Crippen molar-refractivity contribution >= 4 is 11.7 Å². The average Bonchev–Trinajstić information content (AvgIpc) is 2.46. The third kappa shape index (κ3) is 3.32. The van der Waals surface area contributed by atoms with Crippen molar-refractivity contribution < 1.29 is 24.5 Å². The van der Waals surface area contributed by atoms with Gasteiger partial charge in [0.15, 0.2) is 0 Å². The van der Waals surface area contributed by atoms with E-state index in [2.05, 4.69) is 0 Å². The lowest BCUT2D eigenvalue weighted by molar-refractivity contribution is -0.420. The fourth-order valence-corrected chi connectivity index (χ4v) is 2.06. The molecule has 1 aliphatic carbocycles. The Hall–Kier alpha value is -3.27. The fourth-order valence-electron chi connectivity index (χ4n) is 2.06. The molecule has 23 heavy (non-hydrogen) atoms. The minimum atomic E-state index is -2.06. The second kappa shape index (κ2) is 5.85. The maximum atomic E-state index is 11.3. The number of carbonyl (C=O) groups is 1. The molecule has 2 atom stereocenters. The number of nitrogens with zero attached hydrogens (tertiary/aromatic N) is 2. The zero-order valence-corrected chi connectivity index (χ0v) is 11.5. The molecule has 3 N–H and O–H groups in total. The van der Waals surface area contributed by atoms with Gasteiger partial charge in [0, 0.05) is 12.1 Å². The molecule has 10 nitrogen and oxygen atoms in total. The van der Waals surface area contributed by atoms with E-state index >= 15 is 0 Å². The summed E-state index contributed by atoms with van der Waals surface area (Å²) in [6.45, 7) is 0. The molecule has 120 valence electrons. The van der Waals surface area contributed by atoms with Gasteiger partial charge in [0.25, 0.3) is 11.4 Å². The molecule has 0 bridgehead atoms. The first-order valence-electron chi connectivity index (χ1n) is 6.23. The molecular formula is C13H11N3O7. The van der Waals surface area contributed by atoms with Crippen LogP contribution in [0.3, 0.4) is 0 Å². The summed E-state index contributed by atoms with van der Waals surface area (Å²) in [4.78, 5) is 31.5. The highest BCUT2D eigenvalue weighted by molar-refractivity contribution is 5.75. The third-order valence-electron chi connectivity index (χ3n) is 3.12. The van der Waals surface area contributed by atoms with Crippen LogP contribution in [0.5, 0.6) is 5.75 Å². The number of hydrogen-bond acceptors (Lipinski definition) is 7. The van der Waals surface area contributed by atoms with E-state index in [-0.39, 0.29) is 11.4 Å². The minimum absolute atomic E-state index is 0.0813. The van der Waals surface area contributed by atoms with E-state index in [1.807, 2.05) is 0 Å². The molecule has 0 saturated carbocycles. The van der Waals surface area contributed by atoms with Crippen molar-refractivity contribution in [2.24, 2.45) is 11.7 Å². The van der Waals surface area contributed by atoms with Crippen LogP contribution in [0.15, 0.2) is 48.2 Å². The van der Waals surface area contributed by atoms with E-state index in [1.54, 1.807) is 0 Å². The number of carboxylic acid groups (broad SMARTS) is 1. The van der Waals surface area contributed by atoms with Crippen LogP contribution in [-0.2, 0) is 4.79 Å². The van der Waals surface area contributed by atoms with Gasteiger partial charge in [0.05, 0.1) is 22.0 Å². The lowest BCUT2D eigenvalue weighted by Crippen LogP contribution is -2.54. The van der Waals surface area contributed by atoms with Gasteiger partial charge in [-0.15, -0.1) is 0 Å². The Morgan fingerprint density at radius 1 is 1.30 bits per heavy atom. The van der Waals surface area contributed by atoms with Gasteiger partial charge in [-0.1, -0.05) is 12.1 Å². The summed E-state index contributed by atoms with van der Waals surface area (Å²) in [5.74, 6) is -2.83. The molecule has 1 aromatic rings. The molecule has 2 rings (SSSR count). The van der Waals surface area contributed by atoms with Gasteiger partial charge in [-0.25, -0.2) is 0 Å². The number of nitro benzene ring substituents is 1. The number of aliphatic carboxylic acids is 1. The van der Waals surface area contributed by atoms with Crippen LogP contribution in [-0.4, -0.2) is 26.6 Å². The first-order chi connectivity index (χ1) is 10.7. The standard InChI is InChI=1S/C13H11N3O7/c14-13(23-10-3-1-2-8(6-10)15(19)20)7-9(16(21)22)4-5-11(13)12(17)18/h1-7,11H,14H2,(H,17,18). The number of allylic oxidation sites excluding steroid dienone is 1. The normalized spacial score (nSPS) is 23.0. The monoisotopic (exact) mass is 321 g/mol. The zero-order valence-electron chi connectivity index (χ0n) is 11.5. The SMILES string of the molecule is NC1(Oc2cccc([N+](=O)[O-])c2)C=C([N+](=O)[O-])C=CC1C(=O)O. The fraction of sp³-hybridized carbons (Fsp3) is 0.154. The molecule has 1 aromatic carbocycles. The second-order valence-corrected chi connectivity index (χ2v) is 4.71. The Morgan fingerprint density at radius 3 is 2.57 bits per heavy atom. The Labute approximate surface area is 128 Å². The smallest absolute Gasteiger partial charge is 0.316 e. The van der Waals surface area contributed by atoms with E-state index in [0.717, 1.165) is 24.3 Å². The molecule has 0 fully saturated rings. The van der Waals surface area contributed by atoms with Gasteiger partial charge in [0.1, 0.15) is 11.7 Å². The van der Waals surface area contributed by atoms with Crippen LogP contribution in [0.1, 0.15) is 0 Å². The molecule has 2 unspecified atom stereocenters. The highest BCUT2D eigenvalue weighted by Crippen LogP contribution is 2.30. The predicted molar refractivity (Wildman–Crippen MR) is 76.0 cm³/mol. The average molecular weight is 321 g/mol. The number of benzene rings is 1. The molecule has 0 aliphatic heterocycles. The topological polar surface area (TPSA) is 159 Å². The number of nitrogens with two attached hydrogens (primary N) is 1. The van der Waals surface area contributed by atoms with Gasteiger partial charge in [-0.05, 0) is 6.07 Å². The number of hydrogen-bond donors (Lipinski definition) is 2. The Morgan fingerprint density at radius 2 is 2.00 bits per heavy atom. The Kier molecular flexibility index (Phi) is 4.10. The van der Waals surface area contributed by atoms with Crippen molar-refractivity contribution in [2.45, 2.75) is 5.72 Å². The first-order valence-corrected chi connectivity index (χ1v) is 6.23. The van der Waals surface area contributed by atoms with Crippen molar-refractivity contribution in [1.82, 2.24) is 0 Å². The Bertz CT molecular complexity index is 743. The second-order valence-electron chi connectivity index (χ2n) is 4.71. The van der Waals surface area contributed by atoms with Crippen LogP contribution in [0.2, 0.25) is 0 Å². The van der Waals surface area contributed by atoms with E-state index in [1.165, 1.54) is 18.2 Å². The minimum Gasteiger partial charge on any atom is -0.481 e. The lowest BCUT2D eigenvalue weighted by atomic mass is 9.90. The molecule has 0 spiro atoms. The molecule has 0 aromatic heterocycles. The molecule has 10 heteroatoms.